The molecule has 12 nitrogen and oxygen atoms in total. The van der Waals surface area contributed by atoms with Crippen molar-refractivity contribution in [2.45, 2.75) is 78.5 Å². The highest BCUT2D eigenvalue weighted by Crippen LogP contribution is 2.32. The third-order valence-corrected chi connectivity index (χ3v) is 9.74. The highest BCUT2D eigenvalue weighted by Gasteiger charge is 2.48. The van der Waals surface area contributed by atoms with E-state index in [1.807, 2.05) is 13.8 Å². The van der Waals surface area contributed by atoms with Gasteiger partial charge in [0.2, 0.25) is 11.7 Å². The maximum absolute atomic E-state index is 14.5. The highest BCUT2D eigenvalue weighted by atomic mass is 19.2. The number of nitrogens with zero attached hydrogens (tertiary/aromatic N) is 4. The Hall–Kier alpha value is -5.39. The molecule has 1 amide bonds. The lowest BCUT2D eigenvalue weighted by Gasteiger charge is -2.51. The number of rotatable bonds is 8. The monoisotopic (exact) mass is 815 g/mol. The van der Waals surface area contributed by atoms with Crippen molar-refractivity contribution >= 4 is 34.0 Å². The summed E-state index contributed by atoms with van der Waals surface area (Å²) in [6.07, 6.45) is 6.39. The number of likely N-dealkylation sites (tertiary alicyclic amines) is 1. The number of fused-ring (bicyclic) bond motifs is 1. The predicted molar refractivity (Wildman–Crippen MR) is 213 cm³/mol. The zero-order valence-corrected chi connectivity index (χ0v) is 33.4. The summed E-state index contributed by atoms with van der Waals surface area (Å²) < 4.78 is 70.2. The van der Waals surface area contributed by atoms with Gasteiger partial charge < -0.3 is 31.1 Å². The van der Waals surface area contributed by atoms with Gasteiger partial charge in [0.15, 0.2) is 17.3 Å². The van der Waals surface area contributed by atoms with Crippen molar-refractivity contribution in [2.75, 3.05) is 36.9 Å². The number of anilines is 3. The molecule has 58 heavy (non-hydrogen) atoms. The molecule has 17 heteroatoms. The molecule has 2 saturated heterocycles. The van der Waals surface area contributed by atoms with Gasteiger partial charge in [-0.05, 0) is 81.1 Å². The minimum Gasteiger partial charge on any atom is -0.396 e. The Balaban J connectivity index is 0.000000197. The maximum Gasteiger partial charge on any atom is 0.290 e. The van der Waals surface area contributed by atoms with Crippen LogP contribution in [0.1, 0.15) is 58.9 Å². The molecule has 5 N–H and O–H groups in total. The lowest BCUT2D eigenvalue weighted by molar-refractivity contribution is -0.160. The maximum atomic E-state index is 14.5. The largest absolute Gasteiger partial charge is 0.396 e. The zero-order chi connectivity index (χ0) is 42.9. The molecule has 1 aliphatic carbocycles. The number of halogens is 5. The predicted octanol–water partition coefficient (Wildman–Crippen LogP) is 6.07. The standard InChI is InChI=1S/C16H16F2N4O3.C13H10F3N.C10H18N2O2.C2H6/c1-8-6-9(11(8)17)20-13-10-14(21(2)16(25)12(13)18)19-7-22(15(10)24)4-3-5-23;1-8-5-6-11(10(15)7-8)17-12-4-2-3-9(14)13(12)16;1-8(13)12-6-10(14,7-12)9-4-2-3-5-11-9;1-2/h6-7,20,23H,3-5H2,1-2H3;2-7,17H,1H3;9,11,14H,2-7H2,1H3;1-2H3/t;;9-;/m..0./s1. The lowest BCUT2D eigenvalue weighted by Crippen LogP contribution is -2.71. The van der Waals surface area contributed by atoms with E-state index in [-0.39, 0.29) is 53.2 Å². The van der Waals surface area contributed by atoms with Crippen molar-refractivity contribution < 1.29 is 37.0 Å². The number of carbonyl (C=O) groups excluding carboxylic acids is 1. The average Bonchev–Trinajstić information content (AvgIpc) is 3.20. The fourth-order valence-electron chi connectivity index (χ4n) is 6.47. The number of benzene rings is 2. The van der Waals surface area contributed by atoms with Gasteiger partial charge in [0.05, 0.1) is 42.2 Å². The Bertz CT molecular complexity index is 2300. The van der Waals surface area contributed by atoms with Crippen LogP contribution in [0.25, 0.3) is 11.0 Å². The molecule has 1 atom stereocenters. The molecule has 0 bridgehead atoms. The molecule has 2 aliphatic heterocycles. The van der Waals surface area contributed by atoms with Crippen LogP contribution in [-0.2, 0) is 18.4 Å². The third kappa shape index (κ3) is 10.2. The first-order valence-corrected chi connectivity index (χ1v) is 19.0. The molecule has 3 aliphatic rings. The number of piperidine rings is 1. The van der Waals surface area contributed by atoms with E-state index >= 15 is 0 Å². The van der Waals surface area contributed by atoms with Gasteiger partial charge in [-0.1, -0.05) is 32.4 Å². The smallest absolute Gasteiger partial charge is 0.290 e. The van der Waals surface area contributed by atoms with Crippen molar-refractivity contribution in [3.8, 4) is 0 Å². The number of amides is 1. The van der Waals surface area contributed by atoms with Crippen LogP contribution in [0, 0.1) is 30.2 Å². The van der Waals surface area contributed by atoms with Gasteiger partial charge in [-0.25, -0.2) is 22.5 Å². The molecule has 2 fully saturated rings. The number of aliphatic hydroxyl groups is 2. The van der Waals surface area contributed by atoms with Crippen molar-refractivity contribution in [1.82, 2.24) is 24.3 Å². The van der Waals surface area contributed by atoms with Gasteiger partial charge in [0.1, 0.15) is 22.6 Å². The molecule has 7 rings (SSSR count). The Morgan fingerprint density at radius 3 is 2.26 bits per heavy atom. The van der Waals surface area contributed by atoms with E-state index in [9.17, 15) is 41.4 Å². The second kappa shape index (κ2) is 19.8. The number of aliphatic hydroxyl groups excluding tert-OH is 1. The van der Waals surface area contributed by atoms with Crippen LogP contribution >= 0.6 is 0 Å². The number of nitrogens with one attached hydrogen (secondary N) is 3. The Kier molecular flexibility index (Phi) is 15.5. The summed E-state index contributed by atoms with van der Waals surface area (Å²) in [4.78, 5) is 41.5. The van der Waals surface area contributed by atoms with Gasteiger partial charge in [-0.15, -0.1) is 0 Å². The molecular formula is C41H50F5N7O5. The van der Waals surface area contributed by atoms with Crippen molar-refractivity contribution in [1.29, 1.82) is 0 Å². The van der Waals surface area contributed by atoms with Gasteiger partial charge in [0, 0.05) is 33.2 Å². The Labute approximate surface area is 332 Å². The summed E-state index contributed by atoms with van der Waals surface area (Å²) in [7, 11) is 1.30. The molecule has 0 unspecified atom stereocenters. The molecular weight excluding hydrogens is 765 g/mol. The van der Waals surface area contributed by atoms with Gasteiger partial charge in [0.25, 0.3) is 11.1 Å². The Morgan fingerprint density at radius 2 is 1.67 bits per heavy atom. The van der Waals surface area contributed by atoms with E-state index in [2.05, 4.69) is 20.9 Å². The number of aromatic nitrogens is 3. The van der Waals surface area contributed by atoms with Crippen molar-refractivity contribution in [2.24, 2.45) is 7.05 Å². The molecule has 2 aromatic heterocycles. The molecule has 0 spiro atoms. The van der Waals surface area contributed by atoms with E-state index in [1.165, 1.54) is 61.1 Å². The number of β-amino-alcohol motifs (C(OH)–C–C–N with tert-alkyl or cyclic N) is 1. The van der Waals surface area contributed by atoms with Gasteiger partial charge >= 0.3 is 0 Å². The summed E-state index contributed by atoms with van der Waals surface area (Å²) in [5.41, 5.74) is -1.48. The lowest BCUT2D eigenvalue weighted by atomic mass is 9.81. The Morgan fingerprint density at radius 1 is 0.966 bits per heavy atom. The summed E-state index contributed by atoms with van der Waals surface area (Å²) in [6, 6.07) is 8.38. The molecule has 4 heterocycles. The van der Waals surface area contributed by atoms with Crippen LogP contribution in [0.4, 0.5) is 39.0 Å². The number of carbonyl (C=O) groups is 1. The van der Waals surface area contributed by atoms with E-state index in [0.29, 0.717) is 25.1 Å². The molecule has 314 valence electrons. The summed E-state index contributed by atoms with van der Waals surface area (Å²) in [5, 5.41) is 27.3. The second-order valence-corrected chi connectivity index (χ2v) is 13.9. The minimum absolute atomic E-state index is 0.00360. The molecule has 0 saturated carbocycles. The number of pyridine rings is 1. The molecule has 0 radical (unpaired) electrons. The average molecular weight is 816 g/mol. The van der Waals surface area contributed by atoms with E-state index in [4.69, 9.17) is 5.11 Å². The number of aryl methyl sites for hydroxylation is 3. The van der Waals surface area contributed by atoms with Crippen LogP contribution in [-0.4, -0.2) is 73.0 Å². The van der Waals surface area contributed by atoms with Crippen LogP contribution in [0.5, 0.6) is 0 Å². The van der Waals surface area contributed by atoms with Crippen molar-refractivity contribution in [3.05, 3.63) is 115 Å². The number of allylic oxidation sites excluding steroid dienone is 3. The van der Waals surface area contributed by atoms with Crippen LogP contribution in [0.3, 0.4) is 0 Å². The fraction of sp³-hybridized carbons (Fsp3) is 0.415. The number of hydrogen-bond acceptors (Lipinski definition) is 9. The third-order valence-electron chi connectivity index (χ3n) is 9.74. The first-order valence-electron chi connectivity index (χ1n) is 19.0. The van der Waals surface area contributed by atoms with Crippen LogP contribution < -0.4 is 27.1 Å². The SMILES string of the molecule is CC.CC(=O)N1CC(O)([C@@H]2CCCCN2)C1.CC1=C(F)C(Nc2c(F)c(=O)n(C)c3ncn(CCCO)c(=O)c23)=C1.Cc1ccc(Nc2cccc(F)c2F)c(F)c1. The first kappa shape index (κ1) is 45.3. The second-order valence-electron chi connectivity index (χ2n) is 13.9. The highest BCUT2D eigenvalue weighted by molar-refractivity contribution is 5.90. The van der Waals surface area contributed by atoms with Gasteiger partial charge in [-0.2, -0.15) is 4.39 Å². The van der Waals surface area contributed by atoms with Crippen LogP contribution in [0.15, 0.2) is 75.5 Å². The zero-order valence-electron chi connectivity index (χ0n) is 33.4. The summed E-state index contributed by atoms with van der Waals surface area (Å²) in [5.74, 6) is -4.18. The van der Waals surface area contributed by atoms with Crippen LogP contribution in [0.2, 0.25) is 0 Å². The summed E-state index contributed by atoms with van der Waals surface area (Å²) in [6.45, 7) is 10.9. The van der Waals surface area contributed by atoms with E-state index in [1.54, 1.807) is 31.7 Å². The minimum atomic E-state index is -1.19. The van der Waals surface area contributed by atoms with E-state index < -0.39 is 51.5 Å². The summed E-state index contributed by atoms with van der Waals surface area (Å²) >= 11 is 0. The van der Waals surface area contributed by atoms with E-state index in [0.717, 1.165) is 29.2 Å². The topological polar surface area (TPSA) is 154 Å². The number of hydrogen-bond donors (Lipinski definition) is 5. The molecule has 2 aromatic carbocycles. The quantitative estimate of drug-likeness (QED) is 0.133. The fourth-order valence-corrected chi connectivity index (χ4v) is 6.47. The normalized spacial score (nSPS) is 16.6. The first-order chi connectivity index (χ1) is 27.6. The van der Waals surface area contributed by atoms with Gasteiger partial charge in [-0.3, -0.25) is 23.5 Å². The molecule has 4 aromatic rings. The van der Waals surface area contributed by atoms with Crippen molar-refractivity contribution in [3.63, 3.8) is 0 Å².